The first-order chi connectivity index (χ1) is 12.2. The van der Waals surface area contributed by atoms with Gasteiger partial charge in [0.15, 0.2) is 0 Å². The van der Waals surface area contributed by atoms with E-state index >= 15 is 0 Å². The van der Waals surface area contributed by atoms with Crippen LogP contribution in [0.15, 0.2) is 54.6 Å². The summed E-state index contributed by atoms with van der Waals surface area (Å²) < 4.78 is 5.76. The molecule has 2 rings (SSSR count). The van der Waals surface area contributed by atoms with Crippen LogP contribution >= 0.6 is 0 Å². The van der Waals surface area contributed by atoms with E-state index in [1.165, 1.54) is 0 Å². The Bertz CT molecular complexity index is 689. The fraction of sp³-hybridized carbons (Fsp3) is 0.263. The Kier molecular flexibility index (Phi) is 7.62. The van der Waals surface area contributed by atoms with Gasteiger partial charge in [-0.2, -0.15) is 0 Å². The molecule has 6 nitrogen and oxygen atoms in total. The molecule has 0 unspecified atom stereocenters. The van der Waals surface area contributed by atoms with Crippen molar-refractivity contribution >= 4 is 11.8 Å². The molecule has 0 fully saturated rings. The van der Waals surface area contributed by atoms with Crippen LogP contribution in [0.1, 0.15) is 16.7 Å². The lowest BCUT2D eigenvalue weighted by Gasteiger charge is -2.12. The van der Waals surface area contributed by atoms with Crippen LogP contribution in [0, 0.1) is 0 Å². The van der Waals surface area contributed by atoms with Crippen molar-refractivity contribution in [3.05, 3.63) is 71.3 Å². The van der Waals surface area contributed by atoms with Gasteiger partial charge in [0.1, 0.15) is 0 Å². The minimum atomic E-state index is -0.357. The average Bonchev–Trinajstić information content (AvgIpc) is 2.66. The number of carbonyl (C=O) groups is 2. The van der Waals surface area contributed by atoms with Gasteiger partial charge in [0.25, 0.3) is 0 Å². The Labute approximate surface area is 147 Å². The summed E-state index contributed by atoms with van der Waals surface area (Å²) in [6, 6.07) is 17.7. The first kappa shape index (κ1) is 18.6. The van der Waals surface area contributed by atoms with Crippen LogP contribution in [0.3, 0.4) is 0 Å². The van der Waals surface area contributed by atoms with Gasteiger partial charge in [-0.1, -0.05) is 54.6 Å². The van der Waals surface area contributed by atoms with Crippen molar-refractivity contribution in [3.8, 4) is 0 Å². The van der Waals surface area contributed by atoms with Crippen LogP contribution in [-0.2, 0) is 34.1 Å². The van der Waals surface area contributed by atoms with Crippen molar-refractivity contribution in [3.63, 3.8) is 0 Å². The molecule has 2 aromatic rings. The normalized spacial score (nSPS) is 10.3. The van der Waals surface area contributed by atoms with E-state index in [1.807, 2.05) is 54.6 Å². The third-order valence-electron chi connectivity index (χ3n) is 3.60. The van der Waals surface area contributed by atoms with Crippen LogP contribution in [0.5, 0.6) is 0 Å². The molecule has 0 saturated carbocycles. The molecule has 2 amide bonds. The molecule has 132 valence electrons. The highest BCUT2D eigenvalue weighted by atomic mass is 16.5. The van der Waals surface area contributed by atoms with E-state index in [9.17, 15) is 9.59 Å². The molecule has 0 spiro atoms. The van der Waals surface area contributed by atoms with Gasteiger partial charge in [0.05, 0.1) is 26.3 Å². The molecule has 25 heavy (non-hydrogen) atoms. The summed E-state index contributed by atoms with van der Waals surface area (Å²) in [4.78, 5) is 22.8. The third-order valence-corrected chi connectivity index (χ3v) is 3.60. The SMILES string of the molecule is NCC(=O)NCC(=O)NCc1ccccc1COCc1ccccc1. The summed E-state index contributed by atoms with van der Waals surface area (Å²) >= 11 is 0. The molecule has 0 saturated heterocycles. The standard InChI is InChI=1S/C19H23N3O3/c20-10-18(23)22-12-19(24)21-11-16-8-4-5-9-17(16)14-25-13-15-6-2-1-3-7-15/h1-9H,10-14,20H2,(H,21,24)(H,22,23). The van der Waals surface area contributed by atoms with Gasteiger partial charge in [-0.05, 0) is 16.7 Å². The van der Waals surface area contributed by atoms with Crippen molar-refractivity contribution in [1.29, 1.82) is 0 Å². The van der Waals surface area contributed by atoms with Crippen molar-refractivity contribution in [2.24, 2.45) is 5.73 Å². The molecular weight excluding hydrogens is 318 g/mol. The molecule has 0 atom stereocenters. The van der Waals surface area contributed by atoms with Crippen LogP contribution in [-0.4, -0.2) is 24.9 Å². The zero-order valence-corrected chi connectivity index (χ0v) is 14.0. The molecule has 4 N–H and O–H groups in total. The van der Waals surface area contributed by atoms with E-state index in [0.29, 0.717) is 19.8 Å². The topological polar surface area (TPSA) is 93.5 Å². The van der Waals surface area contributed by atoms with E-state index in [-0.39, 0.29) is 24.9 Å². The fourth-order valence-electron chi connectivity index (χ4n) is 2.23. The second-order valence-electron chi connectivity index (χ2n) is 5.50. The first-order valence-electron chi connectivity index (χ1n) is 8.11. The van der Waals surface area contributed by atoms with Crippen molar-refractivity contribution in [2.75, 3.05) is 13.1 Å². The average molecular weight is 341 g/mol. The number of rotatable bonds is 9. The van der Waals surface area contributed by atoms with Gasteiger partial charge >= 0.3 is 0 Å². The van der Waals surface area contributed by atoms with Gasteiger partial charge in [-0.15, -0.1) is 0 Å². The van der Waals surface area contributed by atoms with Crippen molar-refractivity contribution in [1.82, 2.24) is 10.6 Å². The van der Waals surface area contributed by atoms with E-state index in [1.54, 1.807) is 0 Å². The lowest BCUT2D eigenvalue weighted by Crippen LogP contribution is -2.39. The lowest BCUT2D eigenvalue weighted by atomic mass is 10.1. The predicted octanol–water partition coefficient (Wildman–Crippen LogP) is 1.09. The summed E-state index contributed by atoms with van der Waals surface area (Å²) in [5, 5.41) is 5.21. The molecule has 0 aliphatic carbocycles. The zero-order chi connectivity index (χ0) is 17.9. The molecule has 0 aliphatic heterocycles. The maximum Gasteiger partial charge on any atom is 0.239 e. The van der Waals surface area contributed by atoms with Crippen LogP contribution in [0.25, 0.3) is 0 Å². The van der Waals surface area contributed by atoms with Gasteiger partial charge < -0.3 is 21.1 Å². The lowest BCUT2D eigenvalue weighted by molar-refractivity contribution is -0.125. The Hall–Kier alpha value is -2.70. The highest BCUT2D eigenvalue weighted by Gasteiger charge is 2.06. The fourth-order valence-corrected chi connectivity index (χ4v) is 2.23. The van der Waals surface area contributed by atoms with Crippen LogP contribution in [0.4, 0.5) is 0 Å². The minimum absolute atomic E-state index is 0.0806. The maximum atomic E-state index is 11.7. The smallest absolute Gasteiger partial charge is 0.239 e. The number of ether oxygens (including phenoxy) is 1. The number of hydrogen-bond donors (Lipinski definition) is 3. The zero-order valence-electron chi connectivity index (χ0n) is 14.0. The highest BCUT2D eigenvalue weighted by molar-refractivity contribution is 5.85. The summed E-state index contributed by atoms with van der Waals surface area (Å²) in [6.07, 6.45) is 0. The van der Waals surface area contributed by atoms with E-state index in [0.717, 1.165) is 16.7 Å². The molecule has 6 heteroatoms. The monoisotopic (exact) mass is 341 g/mol. The summed E-state index contributed by atoms with van der Waals surface area (Å²) in [5.41, 5.74) is 8.29. The van der Waals surface area contributed by atoms with Crippen molar-refractivity contribution in [2.45, 2.75) is 19.8 Å². The first-order valence-corrected chi connectivity index (χ1v) is 8.11. The molecular formula is C19H23N3O3. The summed E-state index contributed by atoms with van der Waals surface area (Å²) in [7, 11) is 0. The highest BCUT2D eigenvalue weighted by Crippen LogP contribution is 2.11. The largest absolute Gasteiger partial charge is 0.372 e. The van der Waals surface area contributed by atoms with Gasteiger partial charge in [-0.3, -0.25) is 9.59 Å². The second kappa shape index (κ2) is 10.2. The molecule has 0 bridgehead atoms. The van der Waals surface area contributed by atoms with E-state index in [2.05, 4.69) is 10.6 Å². The third kappa shape index (κ3) is 6.74. The van der Waals surface area contributed by atoms with Gasteiger partial charge in [0.2, 0.25) is 11.8 Å². The number of benzene rings is 2. The Balaban J connectivity index is 1.81. The maximum absolute atomic E-state index is 11.7. The molecule has 2 aromatic carbocycles. The number of carbonyl (C=O) groups excluding carboxylic acids is 2. The predicted molar refractivity (Wildman–Crippen MR) is 95.3 cm³/mol. The Morgan fingerprint density at radius 2 is 1.52 bits per heavy atom. The second-order valence-corrected chi connectivity index (χ2v) is 5.50. The number of nitrogens with one attached hydrogen (secondary N) is 2. The quantitative estimate of drug-likeness (QED) is 0.636. The Morgan fingerprint density at radius 3 is 2.24 bits per heavy atom. The molecule has 0 heterocycles. The number of nitrogens with two attached hydrogens (primary N) is 1. The van der Waals surface area contributed by atoms with E-state index < -0.39 is 0 Å². The van der Waals surface area contributed by atoms with Gasteiger partial charge in [0, 0.05) is 6.54 Å². The van der Waals surface area contributed by atoms with E-state index in [4.69, 9.17) is 10.5 Å². The summed E-state index contributed by atoms with van der Waals surface area (Å²) in [6.45, 7) is 1.16. The van der Waals surface area contributed by atoms with Crippen LogP contribution in [0.2, 0.25) is 0 Å². The van der Waals surface area contributed by atoms with Crippen LogP contribution < -0.4 is 16.4 Å². The molecule has 0 aliphatic rings. The van der Waals surface area contributed by atoms with Crippen molar-refractivity contribution < 1.29 is 14.3 Å². The minimum Gasteiger partial charge on any atom is -0.372 e. The summed E-state index contributed by atoms with van der Waals surface area (Å²) in [5.74, 6) is -0.619. The Morgan fingerprint density at radius 1 is 0.840 bits per heavy atom. The number of amides is 2. The molecule has 0 radical (unpaired) electrons. The number of hydrogen-bond acceptors (Lipinski definition) is 4. The van der Waals surface area contributed by atoms with Gasteiger partial charge in [-0.25, -0.2) is 0 Å². The molecule has 0 aromatic heterocycles.